The molecule has 1 aromatic carbocycles. The summed E-state index contributed by atoms with van der Waals surface area (Å²) in [7, 11) is 0. The second kappa shape index (κ2) is 7.41. The molecule has 1 heterocycles. The smallest absolute Gasteiger partial charge is 0.334 e. The lowest BCUT2D eigenvalue weighted by Gasteiger charge is -2.19. The van der Waals surface area contributed by atoms with Gasteiger partial charge in [-0.05, 0) is 38.5 Å². The molecule has 0 bridgehead atoms. The minimum Gasteiger partial charge on any atom is -0.348 e. The zero-order valence-corrected chi connectivity index (χ0v) is 15.4. The molecular formula is C16H17Cl2N3O4. The number of nitrogens with one attached hydrogen (secondary N) is 1. The third-order valence-electron chi connectivity index (χ3n) is 3.72. The summed E-state index contributed by atoms with van der Waals surface area (Å²) < 4.78 is 0. The number of imide groups is 2. The Kier molecular flexibility index (Phi) is 5.69. The first kappa shape index (κ1) is 19.2. The van der Waals surface area contributed by atoms with Gasteiger partial charge in [0.15, 0.2) is 0 Å². The monoisotopic (exact) mass is 385 g/mol. The molecule has 1 N–H and O–H groups in total. The van der Waals surface area contributed by atoms with Crippen molar-refractivity contribution in [2.45, 2.75) is 32.9 Å². The van der Waals surface area contributed by atoms with E-state index in [-0.39, 0.29) is 0 Å². The van der Waals surface area contributed by atoms with Gasteiger partial charge in [0.1, 0.15) is 6.54 Å². The van der Waals surface area contributed by atoms with Crippen LogP contribution in [0.5, 0.6) is 0 Å². The van der Waals surface area contributed by atoms with E-state index in [1.807, 2.05) is 0 Å². The Bertz CT molecular complexity index is 751. The molecule has 1 aliphatic rings. The van der Waals surface area contributed by atoms with E-state index in [0.717, 1.165) is 4.90 Å². The molecule has 7 nitrogen and oxygen atoms in total. The zero-order valence-electron chi connectivity index (χ0n) is 13.9. The molecule has 1 atom stereocenters. The van der Waals surface area contributed by atoms with Gasteiger partial charge >= 0.3 is 17.8 Å². The highest BCUT2D eigenvalue weighted by Gasteiger charge is 2.46. The summed E-state index contributed by atoms with van der Waals surface area (Å²) in [5, 5.41) is 3.40. The minimum absolute atomic E-state index is 0.350. The van der Waals surface area contributed by atoms with Crippen LogP contribution in [0.3, 0.4) is 0 Å². The van der Waals surface area contributed by atoms with E-state index in [0.29, 0.717) is 20.5 Å². The van der Waals surface area contributed by atoms with E-state index in [2.05, 4.69) is 5.32 Å². The fourth-order valence-corrected chi connectivity index (χ4v) is 2.72. The second-order valence-corrected chi connectivity index (χ2v) is 6.72. The molecule has 1 saturated heterocycles. The highest BCUT2D eigenvalue weighted by Crippen LogP contribution is 2.25. The normalized spacial score (nSPS) is 16.0. The SMILES string of the molecule is CC(NC(=O)CN1C(=O)C(=O)N(C(C)C)C1=O)c1ccc(Cl)c(Cl)c1. The van der Waals surface area contributed by atoms with Crippen LogP contribution in [0.25, 0.3) is 0 Å². The van der Waals surface area contributed by atoms with Crippen LogP contribution in [-0.2, 0) is 14.4 Å². The van der Waals surface area contributed by atoms with Crippen LogP contribution < -0.4 is 5.32 Å². The van der Waals surface area contributed by atoms with Crippen molar-refractivity contribution in [2.75, 3.05) is 6.54 Å². The topological polar surface area (TPSA) is 86.8 Å². The molecule has 0 radical (unpaired) electrons. The van der Waals surface area contributed by atoms with Gasteiger partial charge in [0.05, 0.1) is 16.1 Å². The zero-order chi connectivity index (χ0) is 18.9. The van der Waals surface area contributed by atoms with Crippen molar-refractivity contribution in [3.8, 4) is 0 Å². The van der Waals surface area contributed by atoms with Gasteiger partial charge in [0.2, 0.25) is 5.91 Å². The standard InChI is InChI=1S/C16H17Cl2N3O4/c1-8(2)21-15(24)14(23)20(16(21)25)7-13(22)19-9(3)10-4-5-11(17)12(18)6-10/h4-6,8-9H,7H2,1-3H3,(H,19,22). The van der Waals surface area contributed by atoms with Crippen molar-refractivity contribution >= 4 is 47.0 Å². The van der Waals surface area contributed by atoms with Gasteiger partial charge in [-0.3, -0.25) is 19.3 Å². The summed E-state index contributed by atoms with van der Waals surface area (Å²) >= 11 is 11.8. The Hall–Kier alpha value is -2.12. The number of amides is 5. The first-order valence-electron chi connectivity index (χ1n) is 7.56. The average Bonchev–Trinajstić information content (AvgIpc) is 2.73. The number of hydrogen-bond acceptors (Lipinski definition) is 4. The van der Waals surface area contributed by atoms with Gasteiger partial charge in [0.25, 0.3) is 0 Å². The number of rotatable bonds is 5. The highest BCUT2D eigenvalue weighted by molar-refractivity contribution is 6.45. The van der Waals surface area contributed by atoms with E-state index in [1.165, 1.54) is 0 Å². The molecule has 134 valence electrons. The van der Waals surface area contributed by atoms with Crippen LogP contribution in [-0.4, -0.2) is 46.1 Å². The maximum atomic E-state index is 12.2. The Morgan fingerprint density at radius 3 is 2.24 bits per heavy atom. The molecule has 9 heteroatoms. The lowest BCUT2D eigenvalue weighted by molar-refractivity contribution is -0.144. The van der Waals surface area contributed by atoms with Crippen LogP contribution in [0.2, 0.25) is 10.0 Å². The maximum Gasteiger partial charge on any atom is 0.334 e. The number of carbonyl (C=O) groups excluding carboxylic acids is 4. The molecule has 25 heavy (non-hydrogen) atoms. The van der Waals surface area contributed by atoms with Crippen LogP contribution in [0, 0.1) is 0 Å². The van der Waals surface area contributed by atoms with Crippen LogP contribution in [0.1, 0.15) is 32.4 Å². The molecule has 0 spiro atoms. The van der Waals surface area contributed by atoms with Gasteiger partial charge in [0, 0.05) is 6.04 Å². The van der Waals surface area contributed by atoms with E-state index >= 15 is 0 Å². The number of urea groups is 1. The summed E-state index contributed by atoms with van der Waals surface area (Å²) in [6, 6.07) is 3.25. The number of nitrogens with zero attached hydrogens (tertiary/aromatic N) is 2. The highest BCUT2D eigenvalue weighted by atomic mass is 35.5. The van der Waals surface area contributed by atoms with Gasteiger partial charge < -0.3 is 5.32 Å². The molecule has 0 aromatic heterocycles. The van der Waals surface area contributed by atoms with Gasteiger partial charge in [-0.1, -0.05) is 29.3 Å². The lowest BCUT2D eigenvalue weighted by atomic mass is 10.1. The second-order valence-electron chi connectivity index (χ2n) is 5.91. The minimum atomic E-state index is -1.00. The van der Waals surface area contributed by atoms with Crippen LogP contribution in [0.4, 0.5) is 4.79 Å². The fraction of sp³-hybridized carbons (Fsp3) is 0.375. The Labute approximate surface area is 154 Å². The van der Waals surface area contributed by atoms with E-state index < -0.39 is 42.4 Å². The molecule has 5 amide bonds. The Morgan fingerprint density at radius 2 is 1.72 bits per heavy atom. The average molecular weight is 386 g/mol. The van der Waals surface area contributed by atoms with Crippen LogP contribution >= 0.6 is 23.2 Å². The van der Waals surface area contributed by atoms with Crippen molar-refractivity contribution < 1.29 is 19.2 Å². The number of benzene rings is 1. The lowest BCUT2D eigenvalue weighted by Crippen LogP contribution is -2.43. The summed E-state index contributed by atoms with van der Waals surface area (Å²) in [4.78, 5) is 49.5. The van der Waals surface area contributed by atoms with Crippen molar-refractivity contribution in [3.05, 3.63) is 33.8 Å². The van der Waals surface area contributed by atoms with Gasteiger partial charge in [-0.25, -0.2) is 9.69 Å². The quantitative estimate of drug-likeness (QED) is 0.622. The third-order valence-corrected chi connectivity index (χ3v) is 4.46. The Balaban J connectivity index is 2.04. The molecule has 1 unspecified atom stereocenters. The first-order valence-corrected chi connectivity index (χ1v) is 8.32. The third kappa shape index (κ3) is 3.93. The molecule has 1 aromatic rings. The summed E-state index contributed by atoms with van der Waals surface area (Å²) in [6.45, 7) is 4.41. The molecule has 0 aliphatic carbocycles. The van der Waals surface area contributed by atoms with E-state index in [9.17, 15) is 19.2 Å². The summed E-state index contributed by atoms with van der Waals surface area (Å²) in [5.74, 6) is -2.50. The van der Waals surface area contributed by atoms with Crippen LogP contribution in [0.15, 0.2) is 18.2 Å². The predicted octanol–water partition coefficient (Wildman–Crippen LogP) is 2.37. The predicted molar refractivity (Wildman–Crippen MR) is 92.1 cm³/mol. The van der Waals surface area contributed by atoms with Crippen molar-refractivity contribution in [1.82, 2.24) is 15.1 Å². The summed E-state index contributed by atoms with van der Waals surface area (Å²) in [5.41, 5.74) is 0.710. The van der Waals surface area contributed by atoms with Crippen molar-refractivity contribution in [1.29, 1.82) is 0 Å². The van der Waals surface area contributed by atoms with Crippen molar-refractivity contribution in [2.24, 2.45) is 0 Å². The van der Waals surface area contributed by atoms with E-state index in [1.54, 1.807) is 39.0 Å². The molecule has 2 rings (SSSR count). The summed E-state index contributed by atoms with van der Waals surface area (Å²) in [6.07, 6.45) is 0. The molecular weight excluding hydrogens is 369 g/mol. The maximum absolute atomic E-state index is 12.2. The van der Waals surface area contributed by atoms with E-state index in [4.69, 9.17) is 23.2 Å². The number of carbonyl (C=O) groups is 4. The largest absolute Gasteiger partial charge is 0.348 e. The van der Waals surface area contributed by atoms with Gasteiger partial charge in [-0.2, -0.15) is 0 Å². The number of halogens is 2. The number of hydrogen-bond donors (Lipinski definition) is 1. The Morgan fingerprint density at radius 1 is 1.08 bits per heavy atom. The van der Waals surface area contributed by atoms with Gasteiger partial charge in [-0.15, -0.1) is 0 Å². The molecule has 1 fully saturated rings. The first-order chi connectivity index (χ1) is 11.6. The fourth-order valence-electron chi connectivity index (χ4n) is 2.41. The molecule has 1 aliphatic heterocycles. The molecule has 0 saturated carbocycles. The van der Waals surface area contributed by atoms with Crippen molar-refractivity contribution in [3.63, 3.8) is 0 Å².